The smallest absolute Gasteiger partial charge is 0.262 e. The third kappa shape index (κ3) is 3.90. The summed E-state index contributed by atoms with van der Waals surface area (Å²) in [4.78, 5) is 39.7. The molecule has 6 heteroatoms. The number of carbonyl (C=O) groups excluding carboxylic acids is 3. The standard InChI is InChI=1S/C21H22N2O4/c1-14(13-27-2)22-19(24)18(12-15-8-4-3-5-9-15)23-20(25)16-10-6-7-11-17(16)21(23)26/h3-11,14,18H,12-13H2,1-2H3,(H,22,24)/t14-,18+/m1/s1. The van der Waals surface area contributed by atoms with E-state index in [1.165, 1.54) is 0 Å². The quantitative estimate of drug-likeness (QED) is 0.761. The minimum atomic E-state index is -0.931. The number of hydrogen-bond acceptors (Lipinski definition) is 4. The van der Waals surface area contributed by atoms with Gasteiger partial charge in [-0.3, -0.25) is 19.3 Å². The molecule has 0 fully saturated rings. The average molecular weight is 366 g/mol. The van der Waals surface area contributed by atoms with E-state index >= 15 is 0 Å². The van der Waals surface area contributed by atoms with Gasteiger partial charge < -0.3 is 10.1 Å². The molecule has 3 amide bonds. The summed E-state index contributed by atoms with van der Waals surface area (Å²) >= 11 is 0. The van der Waals surface area contributed by atoms with Gasteiger partial charge in [0.15, 0.2) is 0 Å². The first-order valence-electron chi connectivity index (χ1n) is 8.83. The maximum absolute atomic E-state index is 12.9. The Kier molecular flexibility index (Phi) is 5.66. The van der Waals surface area contributed by atoms with Crippen LogP contribution in [0.4, 0.5) is 0 Å². The summed E-state index contributed by atoms with van der Waals surface area (Å²) in [6.45, 7) is 2.15. The van der Waals surface area contributed by atoms with E-state index in [0.717, 1.165) is 10.5 Å². The van der Waals surface area contributed by atoms with E-state index in [4.69, 9.17) is 4.74 Å². The molecule has 0 spiro atoms. The van der Waals surface area contributed by atoms with Crippen molar-refractivity contribution in [2.45, 2.75) is 25.4 Å². The van der Waals surface area contributed by atoms with E-state index in [0.29, 0.717) is 17.7 Å². The van der Waals surface area contributed by atoms with Gasteiger partial charge in [-0.15, -0.1) is 0 Å². The van der Waals surface area contributed by atoms with Gasteiger partial charge in [0, 0.05) is 19.6 Å². The van der Waals surface area contributed by atoms with E-state index in [2.05, 4.69) is 5.32 Å². The van der Waals surface area contributed by atoms with E-state index in [9.17, 15) is 14.4 Å². The molecule has 1 aliphatic rings. The molecular weight excluding hydrogens is 344 g/mol. The average Bonchev–Trinajstić information content (AvgIpc) is 2.92. The third-order valence-electron chi connectivity index (χ3n) is 4.52. The van der Waals surface area contributed by atoms with Crippen molar-refractivity contribution in [3.05, 3.63) is 71.3 Å². The molecule has 0 unspecified atom stereocenters. The second-order valence-corrected chi connectivity index (χ2v) is 6.60. The number of fused-ring (bicyclic) bond motifs is 1. The Hall–Kier alpha value is -2.99. The summed E-state index contributed by atoms with van der Waals surface area (Å²) in [6, 6.07) is 14.8. The van der Waals surface area contributed by atoms with Gasteiger partial charge in [0.1, 0.15) is 6.04 Å². The lowest BCUT2D eigenvalue weighted by molar-refractivity contribution is -0.126. The van der Waals surface area contributed by atoms with E-state index in [-0.39, 0.29) is 18.4 Å². The maximum Gasteiger partial charge on any atom is 0.262 e. The fourth-order valence-corrected chi connectivity index (χ4v) is 3.26. The zero-order valence-electron chi connectivity index (χ0n) is 15.3. The first kappa shape index (κ1) is 18.8. The summed E-state index contributed by atoms with van der Waals surface area (Å²) in [7, 11) is 1.55. The Balaban J connectivity index is 1.91. The van der Waals surface area contributed by atoms with Crippen molar-refractivity contribution in [3.8, 4) is 0 Å². The van der Waals surface area contributed by atoms with Gasteiger partial charge in [-0.2, -0.15) is 0 Å². The molecular formula is C21H22N2O4. The number of methoxy groups -OCH3 is 1. The van der Waals surface area contributed by atoms with Gasteiger partial charge in [0.05, 0.1) is 17.7 Å². The number of nitrogens with zero attached hydrogens (tertiary/aromatic N) is 1. The number of ether oxygens (including phenoxy) is 1. The van der Waals surface area contributed by atoms with Gasteiger partial charge >= 0.3 is 0 Å². The van der Waals surface area contributed by atoms with Gasteiger partial charge in [-0.05, 0) is 24.6 Å². The number of carbonyl (C=O) groups is 3. The largest absolute Gasteiger partial charge is 0.383 e. The molecule has 1 heterocycles. The van der Waals surface area contributed by atoms with Crippen LogP contribution in [-0.2, 0) is 16.0 Å². The number of hydrogen-bond donors (Lipinski definition) is 1. The van der Waals surface area contributed by atoms with Crippen LogP contribution in [0.25, 0.3) is 0 Å². The highest BCUT2D eigenvalue weighted by atomic mass is 16.5. The molecule has 1 N–H and O–H groups in total. The van der Waals surface area contributed by atoms with Crippen molar-refractivity contribution in [2.75, 3.05) is 13.7 Å². The number of imide groups is 1. The minimum absolute atomic E-state index is 0.240. The van der Waals surface area contributed by atoms with Gasteiger partial charge in [0.2, 0.25) is 5.91 Å². The second kappa shape index (κ2) is 8.14. The number of benzene rings is 2. The summed E-state index contributed by atoms with van der Waals surface area (Å²) < 4.78 is 5.06. The number of amides is 3. The Morgan fingerprint density at radius 2 is 1.56 bits per heavy atom. The monoisotopic (exact) mass is 366 g/mol. The normalized spacial score (nSPS) is 15.4. The molecule has 6 nitrogen and oxygen atoms in total. The molecule has 2 aromatic rings. The highest BCUT2D eigenvalue weighted by Gasteiger charge is 2.42. The van der Waals surface area contributed by atoms with E-state index in [1.807, 2.05) is 37.3 Å². The molecule has 3 rings (SSSR count). The van der Waals surface area contributed by atoms with Crippen LogP contribution in [0, 0.1) is 0 Å². The highest BCUT2D eigenvalue weighted by Crippen LogP contribution is 2.26. The Bertz CT molecular complexity index is 815. The Morgan fingerprint density at radius 3 is 2.11 bits per heavy atom. The number of nitrogens with one attached hydrogen (secondary N) is 1. The summed E-state index contributed by atoms with van der Waals surface area (Å²) in [5, 5.41) is 2.84. The van der Waals surface area contributed by atoms with E-state index < -0.39 is 17.9 Å². The lowest BCUT2D eigenvalue weighted by Crippen LogP contribution is -2.53. The molecule has 0 radical (unpaired) electrons. The molecule has 27 heavy (non-hydrogen) atoms. The molecule has 2 aromatic carbocycles. The zero-order chi connectivity index (χ0) is 19.4. The molecule has 140 valence electrons. The van der Waals surface area contributed by atoms with Crippen molar-refractivity contribution < 1.29 is 19.1 Å². The maximum atomic E-state index is 12.9. The molecule has 2 atom stereocenters. The van der Waals surface area contributed by atoms with Crippen molar-refractivity contribution >= 4 is 17.7 Å². The summed E-state index contributed by atoms with van der Waals surface area (Å²) in [5.74, 6) is -1.25. The Labute approximate surface area is 158 Å². The summed E-state index contributed by atoms with van der Waals surface area (Å²) in [5.41, 5.74) is 1.53. The van der Waals surface area contributed by atoms with Crippen LogP contribution in [0.15, 0.2) is 54.6 Å². The van der Waals surface area contributed by atoms with E-state index in [1.54, 1.807) is 31.4 Å². The lowest BCUT2D eigenvalue weighted by Gasteiger charge is -2.27. The molecule has 0 aliphatic carbocycles. The van der Waals surface area contributed by atoms with Crippen molar-refractivity contribution in [1.82, 2.24) is 10.2 Å². The fraction of sp³-hybridized carbons (Fsp3) is 0.286. The van der Waals surface area contributed by atoms with Gasteiger partial charge in [0.25, 0.3) is 11.8 Å². The second-order valence-electron chi connectivity index (χ2n) is 6.60. The van der Waals surface area contributed by atoms with Crippen molar-refractivity contribution in [3.63, 3.8) is 0 Å². The number of rotatable bonds is 7. The van der Waals surface area contributed by atoms with Crippen LogP contribution in [0.5, 0.6) is 0 Å². The molecule has 0 saturated carbocycles. The molecule has 1 aliphatic heterocycles. The lowest BCUT2D eigenvalue weighted by atomic mass is 10.0. The SMILES string of the molecule is COC[C@@H](C)NC(=O)[C@H](Cc1ccccc1)N1C(=O)c2ccccc2C1=O. The van der Waals surface area contributed by atoms with Gasteiger partial charge in [-0.25, -0.2) is 0 Å². The highest BCUT2D eigenvalue weighted by molar-refractivity contribution is 6.22. The van der Waals surface area contributed by atoms with Crippen LogP contribution in [0.2, 0.25) is 0 Å². The molecule has 0 saturated heterocycles. The van der Waals surface area contributed by atoms with Crippen LogP contribution < -0.4 is 5.32 Å². The molecule has 0 bridgehead atoms. The van der Waals surface area contributed by atoms with Crippen LogP contribution >= 0.6 is 0 Å². The Morgan fingerprint density at radius 1 is 1.00 bits per heavy atom. The van der Waals surface area contributed by atoms with Crippen LogP contribution in [0.1, 0.15) is 33.2 Å². The first-order chi connectivity index (χ1) is 13.0. The first-order valence-corrected chi connectivity index (χ1v) is 8.83. The van der Waals surface area contributed by atoms with Crippen LogP contribution in [0.3, 0.4) is 0 Å². The zero-order valence-corrected chi connectivity index (χ0v) is 15.3. The van der Waals surface area contributed by atoms with Crippen molar-refractivity contribution in [2.24, 2.45) is 0 Å². The molecule has 0 aromatic heterocycles. The minimum Gasteiger partial charge on any atom is -0.383 e. The van der Waals surface area contributed by atoms with Crippen LogP contribution in [-0.4, -0.2) is 48.4 Å². The predicted octanol–water partition coefficient (Wildman–Crippen LogP) is 2.04. The fourth-order valence-electron chi connectivity index (χ4n) is 3.26. The predicted molar refractivity (Wildman–Crippen MR) is 100 cm³/mol. The van der Waals surface area contributed by atoms with Crippen molar-refractivity contribution in [1.29, 1.82) is 0 Å². The topological polar surface area (TPSA) is 75.7 Å². The van der Waals surface area contributed by atoms with Gasteiger partial charge in [-0.1, -0.05) is 42.5 Å². The third-order valence-corrected chi connectivity index (χ3v) is 4.52. The summed E-state index contributed by atoms with van der Waals surface area (Å²) in [6.07, 6.45) is 0.248.